The van der Waals surface area contributed by atoms with Crippen LogP contribution in [0.5, 0.6) is 0 Å². The van der Waals surface area contributed by atoms with Crippen molar-refractivity contribution in [3.8, 4) is 0 Å². The van der Waals surface area contributed by atoms with Gasteiger partial charge in [0.2, 0.25) is 0 Å². The molecule has 0 unspecified atom stereocenters. The van der Waals surface area contributed by atoms with Crippen LogP contribution in [0, 0.1) is 11.7 Å². The standard InChI is InChI=1S/C17H23FN2O3/c1-2-12-5-7-19(8-6-12)16-4-3-13(9-15(16)18)20-10-14(11-21)23-17(20)22/h3-4,9,12,14,21H,2,5-8,10-11H2,1H3/t14-/m1/s1. The molecule has 3 rings (SSSR count). The molecule has 2 heterocycles. The van der Waals surface area contributed by atoms with Gasteiger partial charge < -0.3 is 14.7 Å². The summed E-state index contributed by atoms with van der Waals surface area (Å²) in [5, 5.41) is 9.07. The molecule has 2 fully saturated rings. The highest BCUT2D eigenvalue weighted by molar-refractivity contribution is 5.90. The number of cyclic esters (lactones) is 1. The van der Waals surface area contributed by atoms with Crippen molar-refractivity contribution < 1.29 is 19.0 Å². The molecule has 6 heteroatoms. The van der Waals surface area contributed by atoms with E-state index in [9.17, 15) is 9.18 Å². The molecule has 2 aliphatic heterocycles. The number of hydrogen-bond donors (Lipinski definition) is 1. The zero-order chi connectivity index (χ0) is 16.4. The molecule has 0 saturated carbocycles. The highest BCUT2D eigenvalue weighted by Crippen LogP contribution is 2.30. The lowest BCUT2D eigenvalue weighted by Crippen LogP contribution is -2.34. The highest BCUT2D eigenvalue weighted by atomic mass is 19.1. The molecular formula is C17H23FN2O3. The fourth-order valence-corrected chi connectivity index (χ4v) is 3.33. The molecule has 2 aliphatic rings. The molecule has 0 spiro atoms. The molecule has 1 N–H and O–H groups in total. The number of carbonyl (C=O) groups is 1. The number of aliphatic hydroxyl groups excluding tert-OH is 1. The van der Waals surface area contributed by atoms with E-state index >= 15 is 0 Å². The number of hydrogen-bond acceptors (Lipinski definition) is 4. The highest BCUT2D eigenvalue weighted by Gasteiger charge is 2.32. The van der Waals surface area contributed by atoms with Gasteiger partial charge in [-0.2, -0.15) is 0 Å². The van der Waals surface area contributed by atoms with E-state index in [2.05, 4.69) is 11.8 Å². The van der Waals surface area contributed by atoms with Crippen molar-refractivity contribution in [1.29, 1.82) is 0 Å². The van der Waals surface area contributed by atoms with Crippen LogP contribution in [0.15, 0.2) is 18.2 Å². The largest absolute Gasteiger partial charge is 0.441 e. The molecule has 0 aromatic heterocycles. The van der Waals surface area contributed by atoms with Crippen molar-refractivity contribution in [3.63, 3.8) is 0 Å². The molecule has 1 aromatic carbocycles. The maximum Gasteiger partial charge on any atom is 0.414 e. The van der Waals surface area contributed by atoms with Crippen LogP contribution in [-0.4, -0.2) is 43.5 Å². The second kappa shape index (κ2) is 6.74. The van der Waals surface area contributed by atoms with Gasteiger partial charge in [0, 0.05) is 13.1 Å². The lowest BCUT2D eigenvalue weighted by atomic mass is 9.94. The number of ether oxygens (including phenoxy) is 1. The number of amides is 1. The van der Waals surface area contributed by atoms with E-state index in [4.69, 9.17) is 9.84 Å². The molecule has 5 nitrogen and oxygen atoms in total. The minimum atomic E-state index is -0.543. The summed E-state index contributed by atoms with van der Waals surface area (Å²) < 4.78 is 19.5. The lowest BCUT2D eigenvalue weighted by molar-refractivity contribution is 0.0963. The molecular weight excluding hydrogens is 299 g/mol. The average molecular weight is 322 g/mol. The zero-order valence-electron chi connectivity index (χ0n) is 13.4. The normalized spacial score (nSPS) is 22.6. The summed E-state index contributed by atoms with van der Waals surface area (Å²) >= 11 is 0. The molecule has 23 heavy (non-hydrogen) atoms. The number of piperidine rings is 1. The van der Waals surface area contributed by atoms with E-state index in [-0.39, 0.29) is 19.0 Å². The van der Waals surface area contributed by atoms with E-state index in [0.29, 0.717) is 11.4 Å². The first-order valence-electron chi connectivity index (χ1n) is 8.26. The minimum Gasteiger partial charge on any atom is -0.441 e. The Labute approximate surface area is 135 Å². The Hall–Kier alpha value is -1.82. The summed E-state index contributed by atoms with van der Waals surface area (Å²) in [5.74, 6) is 0.418. The van der Waals surface area contributed by atoms with Crippen molar-refractivity contribution in [2.24, 2.45) is 5.92 Å². The third-order valence-corrected chi connectivity index (χ3v) is 4.85. The quantitative estimate of drug-likeness (QED) is 0.926. The van der Waals surface area contributed by atoms with Crippen LogP contribution < -0.4 is 9.80 Å². The van der Waals surface area contributed by atoms with E-state index in [1.165, 1.54) is 17.4 Å². The number of aliphatic hydroxyl groups is 1. The molecule has 126 valence electrons. The summed E-state index contributed by atoms with van der Waals surface area (Å²) in [7, 11) is 0. The Kier molecular flexibility index (Phi) is 4.71. The average Bonchev–Trinajstić information content (AvgIpc) is 2.96. The van der Waals surface area contributed by atoms with Crippen LogP contribution in [0.4, 0.5) is 20.6 Å². The number of carbonyl (C=O) groups excluding carboxylic acids is 1. The Morgan fingerprint density at radius 2 is 2.09 bits per heavy atom. The van der Waals surface area contributed by atoms with Crippen molar-refractivity contribution in [2.45, 2.75) is 32.3 Å². The molecule has 1 aromatic rings. The van der Waals surface area contributed by atoms with Gasteiger partial charge in [-0.1, -0.05) is 13.3 Å². The minimum absolute atomic E-state index is 0.227. The third kappa shape index (κ3) is 3.27. The number of halogens is 1. The Morgan fingerprint density at radius 3 is 2.65 bits per heavy atom. The summed E-state index contributed by atoms with van der Waals surface area (Å²) in [6.45, 7) is 3.95. The number of anilines is 2. The fourth-order valence-electron chi connectivity index (χ4n) is 3.33. The first-order valence-corrected chi connectivity index (χ1v) is 8.26. The van der Waals surface area contributed by atoms with Gasteiger partial charge in [-0.25, -0.2) is 9.18 Å². The van der Waals surface area contributed by atoms with Gasteiger partial charge in [-0.05, 0) is 37.0 Å². The maximum absolute atomic E-state index is 14.5. The van der Waals surface area contributed by atoms with Crippen LogP contribution in [0.1, 0.15) is 26.2 Å². The Balaban J connectivity index is 1.73. The van der Waals surface area contributed by atoms with Crippen LogP contribution in [0.25, 0.3) is 0 Å². The SMILES string of the molecule is CCC1CCN(c2ccc(N3C[C@H](CO)OC3=O)cc2F)CC1. The maximum atomic E-state index is 14.5. The van der Waals surface area contributed by atoms with Crippen molar-refractivity contribution in [2.75, 3.05) is 36.0 Å². The second-order valence-electron chi connectivity index (χ2n) is 6.27. The van der Waals surface area contributed by atoms with E-state index in [1.54, 1.807) is 12.1 Å². The van der Waals surface area contributed by atoms with Gasteiger partial charge in [0.05, 0.1) is 24.5 Å². The van der Waals surface area contributed by atoms with Gasteiger partial charge in [0.15, 0.2) is 0 Å². The summed E-state index contributed by atoms with van der Waals surface area (Å²) in [4.78, 5) is 15.2. The predicted octanol–water partition coefficient (Wildman–Crippen LogP) is 2.77. The van der Waals surface area contributed by atoms with Gasteiger partial charge >= 0.3 is 6.09 Å². The van der Waals surface area contributed by atoms with Crippen molar-refractivity contribution in [1.82, 2.24) is 0 Å². The van der Waals surface area contributed by atoms with Crippen molar-refractivity contribution >= 4 is 17.5 Å². The summed E-state index contributed by atoms with van der Waals surface area (Å²) in [6, 6.07) is 4.85. The van der Waals surface area contributed by atoms with Crippen LogP contribution >= 0.6 is 0 Å². The first-order chi connectivity index (χ1) is 11.1. The smallest absolute Gasteiger partial charge is 0.414 e. The van der Waals surface area contributed by atoms with Gasteiger partial charge in [-0.15, -0.1) is 0 Å². The van der Waals surface area contributed by atoms with Gasteiger partial charge in [0.25, 0.3) is 0 Å². The van der Waals surface area contributed by atoms with E-state index < -0.39 is 12.2 Å². The topological polar surface area (TPSA) is 53.0 Å². The zero-order valence-corrected chi connectivity index (χ0v) is 13.4. The van der Waals surface area contributed by atoms with Crippen LogP contribution in [-0.2, 0) is 4.74 Å². The predicted molar refractivity (Wildman–Crippen MR) is 86.3 cm³/mol. The molecule has 0 aliphatic carbocycles. The van der Waals surface area contributed by atoms with E-state index in [1.807, 2.05) is 0 Å². The molecule has 1 amide bonds. The molecule has 0 bridgehead atoms. The Bertz CT molecular complexity index is 573. The fraction of sp³-hybridized carbons (Fsp3) is 0.588. The lowest BCUT2D eigenvalue weighted by Gasteiger charge is -2.33. The molecule has 0 radical (unpaired) electrons. The van der Waals surface area contributed by atoms with Crippen LogP contribution in [0.3, 0.4) is 0 Å². The Morgan fingerprint density at radius 1 is 1.35 bits per heavy atom. The molecule has 2 saturated heterocycles. The number of benzene rings is 1. The van der Waals surface area contributed by atoms with Gasteiger partial charge in [-0.3, -0.25) is 4.90 Å². The molecule has 1 atom stereocenters. The monoisotopic (exact) mass is 322 g/mol. The summed E-state index contributed by atoms with van der Waals surface area (Å²) in [5.41, 5.74) is 1.06. The number of rotatable bonds is 4. The third-order valence-electron chi connectivity index (χ3n) is 4.85. The van der Waals surface area contributed by atoms with Gasteiger partial charge in [0.1, 0.15) is 11.9 Å². The first kappa shape index (κ1) is 16.1. The second-order valence-corrected chi connectivity index (χ2v) is 6.27. The number of nitrogens with zero attached hydrogens (tertiary/aromatic N) is 2. The van der Waals surface area contributed by atoms with Crippen LogP contribution in [0.2, 0.25) is 0 Å². The van der Waals surface area contributed by atoms with E-state index in [0.717, 1.165) is 31.8 Å². The summed E-state index contributed by atoms with van der Waals surface area (Å²) in [6.07, 6.45) is 2.28. The van der Waals surface area contributed by atoms with Crippen molar-refractivity contribution in [3.05, 3.63) is 24.0 Å².